The number of anilines is 1. The zero-order valence-corrected chi connectivity index (χ0v) is 16.6. The first kappa shape index (κ1) is 18.4. The van der Waals surface area contributed by atoms with Gasteiger partial charge in [-0.3, -0.25) is 9.00 Å². The van der Waals surface area contributed by atoms with E-state index in [0.717, 1.165) is 33.8 Å². The van der Waals surface area contributed by atoms with E-state index in [1.54, 1.807) is 11.8 Å². The average Bonchev–Trinajstić information content (AvgIpc) is 3.20. The number of nitrogens with one attached hydrogen (secondary N) is 1. The lowest BCUT2D eigenvalue weighted by Gasteiger charge is -2.11. The molecule has 1 N–H and O–H groups in total. The van der Waals surface area contributed by atoms with E-state index in [-0.39, 0.29) is 12.3 Å². The Morgan fingerprint density at radius 3 is 2.54 bits per heavy atom. The molecule has 0 saturated carbocycles. The predicted molar refractivity (Wildman–Crippen MR) is 109 cm³/mol. The van der Waals surface area contributed by atoms with Gasteiger partial charge in [0.2, 0.25) is 5.91 Å². The molecule has 2 aromatic carbocycles. The second kappa shape index (κ2) is 7.59. The number of methoxy groups -OCH3 is 1. The molecule has 0 spiro atoms. The number of amides is 1. The lowest BCUT2D eigenvalue weighted by Crippen LogP contribution is -2.18. The Kier molecular flexibility index (Phi) is 5.00. The van der Waals surface area contributed by atoms with Gasteiger partial charge in [-0.05, 0) is 36.8 Å². The van der Waals surface area contributed by atoms with Crippen molar-refractivity contribution >= 4 is 22.5 Å². The summed E-state index contributed by atoms with van der Waals surface area (Å²) < 4.78 is 18.9. The van der Waals surface area contributed by atoms with Crippen LogP contribution in [-0.2, 0) is 33.5 Å². The normalized spacial score (nSPS) is 15.3. The van der Waals surface area contributed by atoms with Gasteiger partial charge in [0.15, 0.2) is 0 Å². The number of carbonyl (C=O) groups excluding carboxylic acids is 1. The molecule has 144 valence electrons. The van der Waals surface area contributed by atoms with E-state index < -0.39 is 10.8 Å². The summed E-state index contributed by atoms with van der Waals surface area (Å²) in [6.45, 7) is 2.02. The molecule has 1 atom stereocenters. The first-order chi connectivity index (χ1) is 13.5. The van der Waals surface area contributed by atoms with Crippen LogP contribution >= 0.6 is 0 Å². The van der Waals surface area contributed by atoms with Gasteiger partial charge < -0.3 is 10.1 Å². The minimum absolute atomic E-state index is 0.140. The Morgan fingerprint density at radius 2 is 1.86 bits per heavy atom. The van der Waals surface area contributed by atoms with E-state index in [9.17, 15) is 9.00 Å². The summed E-state index contributed by atoms with van der Waals surface area (Å²) in [6, 6.07) is 15.3. The molecule has 3 aromatic rings. The van der Waals surface area contributed by atoms with E-state index in [2.05, 4.69) is 10.4 Å². The van der Waals surface area contributed by atoms with Gasteiger partial charge in [-0.25, -0.2) is 4.68 Å². The number of hydrogen-bond donors (Lipinski definition) is 1. The van der Waals surface area contributed by atoms with E-state index in [1.165, 1.54) is 0 Å². The monoisotopic (exact) mass is 395 g/mol. The fraction of sp³-hybridized carbons (Fsp3) is 0.238. The van der Waals surface area contributed by atoms with Crippen molar-refractivity contribution in [2.24, 2.45) is 0 Å². The molecule has 7 heteroatoms. The molecule has 0 fully saturated rings. The van der Waals surface area contributed by atoms with Crippen molar-refractivity contribution in [1.29, 1.82) is 0 Å². The Balaban J connectivity index is 1.61. The van der Waals surface area contributed by atoms with E-state index in [1.807, 2.05) is 55.5 Å². The molecule has 0 bridgehead atoms. The summed E-state index contributed by atoms with van der Waals surface area (Å²) in [7, 11) is 0.645. The molecule has 0 unspecified atom stereocenters. The quantitative estimate of drug-likeness (QED) is 0.720. The summed E-state index contributed by atoms with van der Waals surface area (Å²) in [4.78, 5) is 12.7. The van der Waals surface area contributed by atoms with E-state index >= 15 is 0 Å². The molecule has 1 aliphatic heterocycles. The minimum atomic E-state index is -0.964. The highest BCUT2D eigenvalue weighted by Crippen LogP contribution is 2.31. The Labute approximate surface area is 166 Å². The average molecular weight is 395 g/mol. The number of benzene rings is 2. The first-order valence-corrected chi connectivity index (χ1v) is 10.5. The third-order valence-electron chi connectivity index (χ3n) is 4.73. The van der Waals surface area contributed by atoms with Crippen molar-refractivity contribution in [3.63, 3.8) is 0 Å². The maximum atomic E-state index is 12.7. The van der Waals surface area contributed by atoms with Crippen molar-refractivity contribution in [3.8, 4) is 11.4 Å². The van der Waals surface area contributed by atoms with Crippen molar-refractivity contribution < 1.29 is 13.7 Å². The number of ether oxygens (including phenoxy) is 1. The largest absolute Gasteiger partial charge is 0.497 e. The predicted octanol–water partition coefficient (Wildman–Crippen LogP) is 3.13. The van der Waals surface area contributed by atoms with Crippen molar-refractivity contribution in [2.75, 3.05) is 12.4 Å². The van der Waals surface area contributed by atoms with Crippen LogP contribution in [0.3, 0.4) is 0 Å². The number of hydrogen-bond acceptors (Lipinski definition) is 4. The number of rotatable bonds is 5. The number of aromatic nitrogens is 2. The molecule has 1 amide bonds. The lowest BCUT2D eigenvalue weighted by atomic mass is 10.1. The summed E-state index contributed by atoms with van der Waals surface area (Å²) in [5.41, 5.74) is 4.56. The van der Waals surface area contributed by atoms with E-state index in [0.29, 0.717) is 17.3 Å². The third kappa shape index (κ3) is 3.71. The molecular formula is C21H21N3O3S. The standard InChI is InChI=1S/C21H21N3O3S/c1-14-3-7-16(8-4-14)24-21(18-12-28(26)13-19(18)23-24)22-20(25)11-15-5-9-17(27-2)10-6-15/h3-10H,11-13H2,1-2H3,(H,22,25)/t28-/m0/s1. The molecule has 0 aliphatic carbocycles. The third-order valence-corrected chi connectivity index (χ3v) is 5.94. The summed E-state index contributed by atoms with van der Waals surface area (Å²) in [5.74, 6) is 2.07. The van der Waals surface area contributed by atoms with Gasteiger partial charge in [-0.2, -0.15) is 5.10 Å². The van der Waals surface area contributed by atoms with Crippen LogP contribution in [0.1, 0.15) is 22.4 Å². The van der Waals surface area contributed by atoms with Crippen molar-refractivity contribution in [3.05, 3.63) is 70.9 Å². The summed E-state index contributed by atoms with van der Waals surface area (Å²) in [5, 5.41) is 7.61. The Morgan fingerprint density at radius 1 is 1.14 bits per heavy atom. The second-order valence-electron chi connectivity index (χ2n) is 6.82. The van der Waals surface area contributed by atoms with Gasteiger partial charge in [0.05, 0.1) is 36.4 Å². The zero-order chi connectivity index (χ0) is 19.7. The van der Waals surface area contributed by atoms with E-state index in [4.69, 9.17) is 4.74 Å². The molecule has 1 aromatic heterocycles. The number of nitrogens with zero attached hydrogens (tertiary/aromatic N) is 2. The lowest BCUT2D eigenvalue weighted by molar-refractivity contribution is -0.115. The molecule has 1 aliphatic rings. The van der Waals surface area contributed by atoms with Gasteiger partial charge in [0.1, 0.15) is 11.6 Å². The smallest absolute Gasteiger partial charge is 0.229 e. The van der Waals surface area contributed by atoms with Crippen LogP contribution in [0.4, 0.5) is 5.82 Å². The fourth-order valence-corrected chi connectivity index (χ4v) is 4.50. The van der Waals surface area contributed by atoms with Gasteiger partial charge in [0, 0.05) is 16.4 Å². The first-order valence-electron chi connectivity index (χ1n) is 8.99. The molecule has 2 heterocycles. The molecule has 0 radical (unpaired) electrons. The van der Waals surface area contributed by atoms with Crippen LogP contribution in [-0.4, -0.2) is 27.0 Å². The second-order valence-corrected chi connectivity index (χ2v) is 8.28. The number of carbonyl (C=O) groups is 1. The highest BCUT2D eigenvalue weighted by molar-refractivity contribution is 7.83. The van der Waals surface area contributed by atoms with Crippen molar-refractivity contribution in [1.82, 2.24) is 9.78 Å². The van der Waals surface area contributed by atoms with Gasteiger partial charge in [-0.1, -0.05) is 29.8 Å². The topological polar surface area (TPSA) is 73.2 Å². The highest BCUT2D eigenvalue weighted by Gasteiger charge is 2.28. The zero-order valence-electron chi connectivity index (χ0n) is 15.8. The number of aryl methyl sites for hydroxylation is 1. The molecule has 28 heavy (non-hydrogen) atoms. The Bertz CT molecular complexity index is 1040. The maximum Gasteiger partial charge on any atom is 0.229 e. The maximum absolute atomic E-state index is 12.7. The van der Waals surface area contributed by atoms with Crippen LogP contribution < -0.4 is 10.1 Å². The van der Waals surface area contributed by atoms with Crippen molar-refractivity contribution in [2.45, 2.75) is 24.9 Å². The molecular weight excluding hydrogens is 374 g/mol. The van der Waals surface area contributed by atoms with Gasteiger partial charge in [-0.15, -0.1) is 0 Å². The Hall–Kier alpha value is -2.93. The molecule has 4 rings (SSSR count). The number of fused-ring (bicyclic) bond motifs is 1. The van der Waals surface area contributed by atoms with Crippen LogP contribution in [0.5, 0.6) is 5.75 Å². The van der Waals surface area contributed by atoms with Crippen LogP contribution in [0.25, 0.3) is 5.69 Å². The molecule has 0 saturated heterocycles. The van der Waals surface area contributed by atoms with Gasteiger partial charge >= 0.3 is 0 Å². The fourth-order valence-electron chi connectivity index (χ4n) is 3.23. The SMILES string of the molecule is COc1ccc(CC(=O)Nc2c3c(nn2-c2ccc(C)cc2)C[S@@](=O)C3)cc1. The minimum Gasteiger partial charge on any atom is -0.497 e. The van der Waals surface area contributed by atoms with Crippen LogP contribution in [0.15, 0.2) is 48.5 Å². The molecule has 6 nitrogen and oxygen atoms in total. The summed E-state index contributed by atoms with van der Waals surface area (Å²) in [6.07, 6.45) is 0.237. The van der Waals surface area contributed by atoms with Crippen LogP contribution in [0, 0.1) is 6.92 Å². The summed E-state index contributed by atoms with van der Waals surface area (Å²) >= 11 is 0. The van der Waals surface area contributed by atoms with Gasteiger partial charge in [0.25, 0.3) is 0 Å². The highest BCUT2D eigenvalue weighted by atomic mass is 32.2. The van der Waals surface area contributed by atoms with Crippen LogP contribution in [0.2, 0.25) is 0 Å².